The molecule has 1 saturated heterocycles. The van der Waals surface area contributed by atoms with Gasteiger partial charge in [-0.2, -0.15) is 0 Å². The number of nitrogens with zero attached hydrogens (tertiary/aromatic N) is 2. The number of benzene rings is 2. The summed E-state index contributed by atoms with van der Waals surface area (Å²) in [6, 6.07) is 15.2. The lowest BCUT2D eigenvalue weighted by molar-refractivity contribution is 0.0951. The van der Waals surface area contributed by atoms with E-state index >= 15 is 0 Å². The number of H-pyrrole nitrogens is 1. The van der Waals surface area contributed by atoms with Gasteiger partial charge in [0.25, 0.3) is 5.91 Å². The summed E-state index contributed by atoms with van der Waals surface area (Å²) in [5.74, 6) is -0.0515. The lowest BCUT2D eigenvalue weighted by Crippen LogP contribution is -2.47. The van der Waals surface area contributed by atoms with E-state index < -0.39 is 0 Å². The summed E-state index contributed by atoms with van der Waals surface area (Å²) < 4.78 is 0. The fourth-order valence-corrected chi connectivity index (χ4v) is 4.67. The Morgan fingerprint density at radius 3 is 2.44 bits per heavy atom. The van der Waals surface area contributed by atoms with E-state index in [0.717, 1.165) is 61.8 Å². The van der Waals surface area contributed by atoms with E-state index in [1.54, 1.807) is 0 Å². The summed E-state index contributed by atoms with van der Waals surface area (Å²) in [7, 11) is 0. The first-order valence-corrected chi connectivity index (χ1v) is 12.2. The number of halogens is 4. The van der Waals surface area contributed by atoms with E-state index in [9.17, 15) is 4.79 Å². The van der Waals surface area contributed by atoms with Crippen molar-refractivity contribution >= 4 is 58.8 Å². The van der Waals surface area contributed by atoms with Gasteiger partial charge < -0.3 is 15.2 Å². The fourth-order valence-electron chi connectivity index (χ4n) is 4.13. The topological polar surface area (TPSA) is 51.4 Å². The zero-order valence-corrected chi connectivity index (χ0v) is 22.0. The van der Waals surface area contributed by atoms with Crippen LogP contribution in [-0.4, -0.2) is 55.1 Å². The molecule has 1 amide bonds. The Labute approximate surface area is 221 Å². The molecule has 1 aromatic heterocycles. The molecule has 2 aromatic carbocycles. The summed E-state index contributed by atoms with van der Waals surface area (Å²) >= 11 is 18.5. The number of carbonyl (C=O) groups excluding carboxylic acids is 1. The van der Waals surface area contributed by atoms with Crippen LogP contribution in [0.4, 0.5) is 5.69 Å². The second-order valence-corrected chi connectivity index (χ2v) is 9.46. The van der Waals surface area contributed by atoms with Crippen molar-refractivity contribution < 1.29 is 4.79 Å². The molecule has 9 heteroatoms. The zero-order chi connectivity index (χ0) is 23.4. The van der Waals surface area contributed by atoms with Crippen LogP contribution < -0.4 is 10.2 Å². The number of rotatable bonds is 7. The molecule has 1 aliphatic heterocycles. The molecule has 0 saturated carbocycles. The van der Waals surface area contributed by atoms with Crippen LogP contribution in [0, 0.1) is 6.92 Å². The maximum Gasteiger partial charge on any atom is 0.253 e. The highest BCUT2D eigenvalue weighted by Gasteiger charge is 2.20. The molecule has 5 nitrogen and oxygen atoms in total. The Kier molecular flexibility index (Phi) is 9.57. The van der Waals surface area contributed by atoms with E-state index in [2.05, 4.69) is 20.1 Å². The minimum Gasteiger partial charge on any atom is -0.368 e. The van der Waals surface area contributed by atoms with Gasteiger partial charge in [0.15, 0.2) is 0 Å². The van der Waals surface area contributed by atoms with Crippen LogP contribution in [0.25, 0.3) is 11.3 Å². The molecule has 182 valence electrons. The Morgan fingerprint density at radius 1 is 1.03 bits per heavy atom. The minimum absolute atomic E-state index is 0. The molecule has 2 heterocycles. The van der Waals surface area contributed by atoms with Gasteiger partial charge in [-0.3, -0.25) is 9.69 Å². The quantitative estimate of drug-likeness (QED) is 0.344. The summed E-state index contributed by atoms with van der Waals surface area (Å²) in [5.41, 5.74) is 4.43. The van der Waals surface area contributed by atoms with Crippen molar-refractivity contribution in [1.29, 1.82) is 0 Å². The molecular weight excluding hydrogens is 514 g/mol. The summed E-state index contributed by atoms with van der Waals surface area (Å²) in [5, 5.41) is 4.95. The van der Waals surface area contributed by atoms with E-state index in [0.29, 0.717) is 27.2 Å². The molecule has 1 fully saturated rings. The van der Waals surface area contributed by atoms with Gasteiger partial charge in [0.05, 0.1) is 21.3 Å². The summed E-state index contributed by atoms with van der Waals surface area (Å²) in [6.07, 6.45) is 0.900. The number of carbonyl (C=O) groups is 1. The second kappa shape index (κ2) is 12.2. The molecule has 0 unspecified atom stereocenters. The number of aryl methyl sites for hydroxylation is 1. The highest BCUT2D eigenvalue weighted by Crippen LogP contribution is 2.32. The number of aromatic amines is 1. The van der Waals surface area contributed by atoms with Crippen LogP contribution >= 0.6 is 47.2 Å². The highest BCUT2D eigenvalue weighted by atomic mass is 35.5. The van der Waals surface area contributed by atoms with Gasteiger partial charge in [0.1, 0.15) is 0 Å². The Bertz CT molecular complexity index is 1110. The third kappa shape index (κ3) is 6.41. The molecule has 0 atom stereocenters. The molecule has 0 aliphatic carbocycles. The normalized spacial score (nSPS) is 14.1. The van der Waals surface area contributed by atoms with Crippen molar-refractivity contribution in [2.75, 3.05) is 44.2 Å². The zero-order valence-electron chi connectivity index (χ0n) is 18.9. The van der Waals surface area contributed by atoms with Crippen LogP contribution in [-0.2, 0) is 0 Å². The number of piperazine rings is 1. The molecule has 34 heavy (non-hydrogen) atoms. The Hall–Kier alpha value is -1.89. The molecule has 4 rings (SSSR count). The summed E-state index contributed by atoms with van der Waals surface area (Å²) in [6.45, 7) is 7.22. The van der Waals surface area contributed by atoms with Gasteiger partial charge in [-0.05, 0) is 55.8 Å². The molecule has 3 aromatic rings. The maximum atomic E-state index is 12.7. The smallest absolute Gasteiger partial charge is 0.253 e. The third-order valence-electron chi connectivity index (χ3n) is 6.00. The number of hydrogen-bond donors (Lipinski definition) is 2. The Balaban J connectivity index is 0.00000324. The van der Waals surface area contributed by atoms with Gasteiger partial charge in [-0.15, -0.1) is 12.4 Å². The SMILES string of the molecule is Cc1[nH]c(-c2ccc(Cl)cc2)cc1C(=O)NCCCN1CCN(c2cccc(Cl)c2Cl)CC1.Cl. The summed E-state index contributed by atoms with van der Waals surface area (Å²) in [4.78, 5) is 20.7. The highest BCUT2D eigenvalue weighted by molar-refractivity contribution is 6.43. The number of nitrogens with one attached hydrogen (secondary N) is 2. The van der Waals surface area contributed by atoms with Crippen LogP contribution in [0.3, 0.4) is 0 Å². The second-order valence-electron chi connectivity index (χ2n) is 8.24. The van der Waals surface area contributed by atoms with Crippen molar-refractivity contribution in [3.63, 3.8) is 0 Å². The predicted octanol–water partition coefficient (Wildman–Crippen LogP) is 6.31. The average molecular weight is 542 g/mol. The predicted molar refractivity (Wildman–Crippen MR) is 145 cm³/mol. The van der Waals surface area contributed by atoms with Crippen molar-refractivity contribution in [2.45, 2.75) is 13.3 Å². The monoisotopic (exact) mass is 540 g/mol. The molecule has 2 N–H and O–H groups in total. The lowest BCUT2D eigenvalue weighted by atomic mass is 10.1. The van der Waals surface area contributed by atoms with Crippen molar-refractivity contribution in [2.24, 2.45) is 0 Å². The number of anilines is 1. The minimum atomic E-state index is -0.0515. The van der Waals surface area contributed by atoms with E-state index in [-0.39, 0.29) is 18.3 Å². The van der Waals surface area contributed by atoms with E-state index in [1.165, 1.54) is 0 Å². The van der Waals surface area contributed by atoms with Crippen LogP contribution in [0.1, 0.15) is 22.5 Å². The molecule has 0 bridgehead atoms. The van der Waals surface area contributed by atoms with Gasteiger partial charge in [-0.25, -0.2) is 0 Å². The molecule has 0 radical (unpaired) electrons. The van der Waals surface area contributed by atoms with Crippen LogP contribution in [0.5, 0.6) is 0 Å². The molecule has 1 aliphatic rings. The van der Waals surface area contributed by atoms with E-state index in [1.807, 2.05) is 55.5 Å². The first-order valence-electron chi connectivity index (χ1n) is 11.1. The van der Waals surface area contributed by atoms with Crippen molar-refractivity contribution in [1.82, 2.24) is 15.2 Å². The average Bonchev–Trinajstić information content (AvgIpc) is 3.21. The number of hydrogen-bond acceptors (Lipinski definition) is 3. The molecule has 0 spiro atoms. The van der Waals surface area contributed by atoms with E-state index in [4.69, 9.17) is 34.8 Å². The Morgan fingerprint density at radius 2 is 1.74 bits per heavy atom. The maximum absolute atomic E-state index is 12.7. The van der Waals surface area contributed by atoms with Gasteiger partial charge >= 0.3 is 0 Å². The first-order chi connectivity index (χ1) is 15.9. The molecular formula is C25H28Cl4N4O. The van der Waals surface area contributed by atoms with Gasteiger partial charge in [0.2, 0.25) is 0 Å². The number of aromatic nitrogens is 1. The van der Waals surface area contributed by atoms with Crippen LogP contribution in [0.15, 0.2) is 48.5 Å². The van der Waals surface area contributed by atoms with Crippen LogP contribution in [0.2, 0.25) is 15.1 Å². The van der Waals surface area contributed by atoms with Crippen molar-refractivity contribution in [3.05, 3.63) is 74.9 Å². The standard InChI is InChI=1S/C25H27Cl3N4O.ClH/c1-17-20(16-22(30-17)18-6-8-19(26)9-7-18)25(33)29-10-3-11-31-12-14-32(15-13-31)23-5-2-4-21(27)24(23)28;/h2,4-9,16,30H,3,10-15H2,1H3,(H,29,33);1H. The van der Waals surface area contributed by atoms with Gasteiger partial charge in [-0.1, -0.05) is 53.0 Å². The fraction of sp³-hybridized carbons (Fsp3) is 0.320. The lowest BCUT2D eigenvalue weighted by Gasteiger charge is -2.36. The van der Waals surface area contributed by atoms with Crippen molar-refractivity contribution in [3.8, 4) is 11.3 Å². The number of amides is 1. The van der Waals surface area contributed by atoms with Gasteiger partial charge in [0, 0.05) is 49.1 Å². The third-order valence-corrected chi connectivity index (χ3v) is 7.06. The largest absolute Gasteiger partial charge is 0.368 e. The first kappa shape index (κ1) is 26.7.